The molecule has 9 aromatic rings. The number of furan rings is 1. The van der Waals surface area contributed by atoms with Gasteiger partial charge in [0.2, 0.25) is 0 Å². The normalized spacial score (nSPS) is 13.1. The van der Waals surface area contributed by atoms with E-state index in [4.69, 9.17) is 4.42 Å². The van der Waals surface area contributed by atoms with E-state index >= 15 is 0 Å². The Labute approximate surface area is 285 Å². The molecule has 0 saturated carbocycles. The van der Waals surface area contributed by atoms with Gasteiger partial charge in [-0.05, 0) is 93.4 Å². The van der Waals surface area contributed by atoms with E-state index in [-0.39, 0.29) is 0 Å². The number of para-hydroxylation sites is 2. The Hall–Kier alpha value is -6.38. The zero-order valence-corrected chi connectivity index (χ0v) is 26.8. The van der Waals surface area contributed by atoms with Gasteiger partial charge in [-0.25, -0.2) is 0 Å². The van der Waals surface area contributed by atoms with Gasteiger partial charge in [0, 0.05) is 33.2 Å². The summed E-state index contributed by atoms with van der Waals surface area (Å²) in [6.45, 7) is 0. The maximum Gasteiger partial charge on any atom is 0.143 e. The molecule has 0 aliphatic heterocycles. The summed E-state index contributed by atoms with van der Waals surface area (Å²) in [5.74, 6) is 0. The zero-order valence-electron chi connectivity index (χ0n) is 26.8. The van der Waals surface area contributed by atoms with Gasteiger partial charge < -0.3 is 9.32 Å². The minimum Gasteiger partial charge on any atom is -0.455 e. The van der Waals surface area contributed by atoms with Crippen LogP contribution >= 0.6 is 0 Å². The molecule has 0 N–H and O–H groups in total. The molecule has 0 bridgehead atoms. The summed E-state index contributed by atoms with van der Waals surface area (Å²) >= 11 is 0. The average Bonchev–Trinajstić information content (AvgIpc) is 3.70. The lowest BCUT2D eigenvalue weighted by molar-refractivity contribution is 0.672. The Bertz CT molecular complexity index is 2610. The summed E-state index contributed by atoms with van der Waals surface area (Å²) < 4.78 is 6.38. The van der Waals surface area contributed by atoms with Crippen LogP contribution in [0, 0.1) is 0 Å². The number of rotatable bonds is 5. The number of hydrogen-bond acceptors (Lipinski definition) is 2. The first-order valence-corrected chi connectivity index (χ1v) is 16.9. The molecule has 1 heterocycles. The Balaban J connectivity index is 1.14. The molecule has 0 spiro atoms. The van der Waals surface area contributed by atoms with Crippen molar-refractivity contribution in [1.82, 2.24) is 0 Å². The molecule has 2 heteroatoms. The van der Waals surface area contributed by atoms with Gasteiger partial charge in [0.1, 0.15) is 11.2 Å². The highest BCUT2D eigenvalue weighted by atomic mass is 16.3. The maximum atomic E-state index is 6.38. The van der Waals surface area contributed by atoms with Crippen LogP contribution in [0.5, 0.6) is 0 Å². The molecule has 0 saturated heterocycles. The summed E-state index contributed by atoms with van der Waals surface area (Å²) in [5.41, 5.74) is 12.5. The van der Waals surface area contributed by atoms with Gasteiger partial charge in [0.25, 0.3) is 0 Å². The summed E-state index contributed by atoms with van der Waals surface area (Å²) in [6.07, 6.45) is 0. The SMILES string of the molecule is c1ccc(N(c2ccc(C3(c4ccccc4)c4ccccc4-c4ccccc43)cc2)c2ccc3c(ccc4c5ccccc5oc34)c2)cc1. The molecular weight excluding hydrogens is 595 g/mol. The Kier molecular flexibility index (Phi) is 6.13. The molecule has 10 rings (SSSR count). The minimum absolute atomic E-state index is 0.425. The van der Waals surface area contributed by atoms with E-state index in [1.165, 1.54) is 33.4 Å². The van der Waals surface area contributed by atoms with Crippen molar-refractivity contribution in [1.29, 1.82) is 0 Å². The summed E-state index contributed by atoms with van der Waals surface area (Å²) in [7, 11) is 0. The molecule has 230 valence electrons. The quantitative estimate of drug-likeness (QED) is 0.189. The number of fused-ring (bicyclic) bond motifs is 8. The molecule has 0 fully saturated rings. The second-order valence-corrected chi connectivity index (χ2v) is 12.9. The fraction of sp³-hybridized carbons (Fsp3) is 0.0213. The Morgan fingerprint density at radius 3 is 1.67 bits per heavy atom. The molecule has 8 aromatic carbocycles. The van der Waals surface area contributed by atoms with Crippen molar-refractivity contribution < 1.29 is 4.42 Å². The van der Waals surface area contributed by atoms with Crippen LogP contribution in [-0.2, 0) is 5.41 Å². The molecule has 2 nitrogen and oxygen atoms in total. The summed E-state index contributed by atoms with van der Waals surface area (Å²) in [6, 6.07) is 68.0. The monoisotopic (exact) mass is 625 g/mol. The van der Waals surface area contributed by atoms with Crippen LogP contribution in [0.2, 0.25) is 0 Å². The minimum atomic E-state index is -0.425. The molecule has 1 aliphatic rings. The van der Waals surface area contributed by atoms with E-state index in [9.17, 15) is 0 Å². The largest absolute Gasteiger partial charge is 0.455 e. The van der Waals surface area contributed by atoms with Crippen LogP contribution in [0.15, 0.2) is 192 Å². The first-order valence-electron chi connectivity index (χ1n) is 16.9. The zero-order chi connectivity index (χ0) is 32.4. The topological polar surface area (TPSA) is 16.4 Å². The van der Waals surface area contributed by atoms with Crippen molar-refractivity contribution in [3.63, 3.8) is 0 Å². The fourth-order valence-corrected chi connectivity index (χ4v) is 8.23. The van der Waals surface area contributed by atoms with Crippen molar-refractivity contribution in [2.75, 3.05) is 4.90 Å². The Morgan fingerprint density at radius 1 is 0.388 bits per heavy atom. The van der Waals surface area contributed by atoms with E-state index in [0.29, 0.717) is 0 Å². The molecule has 1 aliphatic carbocycles. The van der Waals surface area contributed by atoms with Crippen molar-refractivity contribution in [3.8, 4) is 11.1 Å². The predicted molar refractivity (Wildman–Crippen MR) is 203 cm³/mol. The molecule has 0 amide bonds. The van der Waals surface area contributed by atoms with Gasteiger partial charge >= 0.3 is 0 Å². The first kappa shape index (κ1) is 27.7. The molecule has 0 unspecified atom stereocenters. The molecule has 1 aromatic heterocycles. The lowest BCUT2D eigenvalue weighted by Gasteiger charge is -2.34. The number of benzene rings is 8. The van der Waals surface area contributed by atoms with Gasteiger partial charge in [0.05, 0.1) is 5.41 Å². The van der Waals surface area contributed by atoms with Crippen LogP contribution in [-0.4, -0.2) is 0 Å². The van der Waals surface area contributed by atoms with Crippen LogP contribution in [0.4, 0.5) is 17.1 Å². The third-order valence-electron chi connectivity index (χ3n) is 10.3. The van der Waals surface area contributed by atoms with Crippen LogP contribution in [0.3, 0.4) is 0 Å². The summed E-state index contributed by atoms with van der Waals surface area (Å²) in [4.78, 5) is 2.35. The number of nitrogens with zero attached hydrogens (tertiary/aromatic N) is 1. The van der Waals surface area contributed by atoms with E-state index in [1.54, 1.807) is 0 Å². The smallest absolute Gasteiger partial charge is 0.143 e. The van der Waals surface area contributed by atoms with Gasteiger partial charge in [-0.2, -0.15) is 0 Å². The lowest BCUT2D eigenvalue weighted by atomic mass is 9.68. The Morgan fingerprint density at radius 2 is 0.939 bits per heavy atom. The third-order valence-corrected chi connectivity index (χ3v) is 10.3. The van der Waals surface area contributed by atoms with Crippen LogP contribution in [0.25, 0.3) is 43.8 Å². The second-order valence-electron chi connectivity index (χ2n) is 12.9. The first-order chi connectivity index (χ1) is 24.3. The van der Waals surface area contributed by atoms with E-state index in [0.717, 1.165) is 49.8 Å². The highest BCUT2D eigenvalue weighted by Gasteiger charge is 2.45. The number of hydrogen-bond donors (Lipinski definition) is 0. The molecule has 0 atom stereocenters. The lowest BCUT2D eigenvalue weighted by Crippen LogP contribution is -2.28. The van der Waals surface area contributed by atoms with Crippen molar-refractivity contribution in [2.45, 2.75) is 5.41 Å². The van der Waals surface area contributed by atoms with Gasteiger partial charge in [0.15, 0.2) is 0 Å². The van der Waals surface area contributed by atoms with Crippen molar-refractivity contribution in [2.24, 2.45) is 0 Å². The number of anilines is 3. The van der Waals surface area contributed by atoms with Gasteiger partial charge in [-0.15, -0.1) is 0 Å². The summed E-state index contributed by atoms with van der Waals surface area (Å²) in [5, 5.41) is 4.55. The van der Waals surface area contributed by atoms with E-state index < -0.39 is 5.41 Å². The van der Waals surface area contributed by atoms with Crippen molar-refractivity contribution >= 4 is 49.8 Å². The third kappa shape index (κ3) is 4.07. The van der Waals surface area contributed by atoms with Crippen LogP contribution < -0.4 is 4.90 Å². The molecular formula is C47H31NO. The maximum absolute atomic E-state index is 6.38. The fourth-order valence-electron chi connectivity index (χ4n) is 8.23. The highest BCUT2D eigenvalue weighted by molar-refractivity contribution is 6.15. The van der Waals surface area contributed by atoms with E-state index in [2.05, 4.69) is 181 Å². The average molecular weight is 626 g/mol. The highest BCUT2D eigenvalue weighted by Crippen LogP contribution is 2.56. The molecule has 49 heavy (non-hydrogen) atoms. The van der Waals surface area contributed by atoms with E-state index in [1.807, 2.05) is 12.1 Å². The van der Waals surface area contributed by atoms with Crippen LogP contribution in [0.1, 0.15) is 22.3 Å². The standard InChI is InChI=1S/C47H31NO/c1-3-13-33(14-4-1)47(43-20-10-7-17-39(43)40-18-8-11-21-44(40)47)34-24-26-36(27-25-34)48(35-15-5-2-6-16-35)37-28-30-38-32(31-37)23-29-42-41-19-9-12-22-45(41)49-46(38)42/h1-31H. The van der Waals surface area contributed by atoms with Crippen molar-refractivity contribution in [3.05, 3.63) is 210 Å². The van der Waals surface area contributed by atoms with Gasteiger partial charge in [-0.1, -0.05) is 133 Å². The molecule has 0 radical (unpaired) electrons. The second kappa shape index (κ2) is 10.8. The predicted octanol–water partition coefficient (Wildman–Crippen LogP) is 12.6. The van der Waals surface area contributed by atoms with Gasteiger partial charge in [-0.3, -0.25) is 0 Å².